The molecule has 1 aliphatic heterocycles. The summed E-state index contributed by atoms with van der Waals surface area (Å²) in [6.07, 6.45) is 0.840. The summed E-state index contributed by atoms with van der Waals surface area (Å²) in [7, 11) is -3.43. The molecule has 0 spiro atoms. The van der Waals surface area contributed by atoms with Gasteiger partial charge in [-0.2, -0.15) is 0 Å². The molecule has 1 aliphatic rings. The maximum Gasteiger partial charge on any atom is 0.240 e. The number of benzene rings is 2. The van der Waals surface area contributed by atoms with E-state index in [0.717, 1.165) is 23.7 Å². The molecule has 4 nitrogen and oxygen atoms in total. The summed E-state index contributed by atoms with van der Waals surface area (Å²) >= 11 is 0. The Balaban J connectivity index is 0.00000147. The molecule has 20 heavy (non-hydrogen) atoms. The molecule has 0 aromatic heterocycles. The Bertz CT molecular complexity index is 697. The van der Waals surface area contributed by atoms with Crippen LogP contribution in [0.3, 0.4) is 0 Å². The summed E-state index contributed by atoms with van der Waals surface area (Å²) < 4.78 is 27.3. The Hall–Kier alpha value is -1.14. The number of hydrogen-bond donors (Lipinski definition) is 2. The largest absolute Gasteiger partial charge is 0.315 e. The highest BCUT2D eigenvalue weighted by Gasteiger charge is 2.22. The predicted molar refractivity (Wildman–Crippen MR) is 82.8 cm³/mol. The van der Waals surface area contributed by atoms with Gasteiger partial charge in [-0.3, -0.25) is 0 Å². The van der Waals surface area contributed by atoms with Crippen LogP contribution in [-0.2, 0) is 10.0 Å². The molecule has 0 saturated carbocycles. The van der Waals surface area contributed by atoms with Crippen molar-refractivity contribution < 1.29 is 8.42 Å². The maximum atomic E-state index is 12.3. The first-order valence-corrected chi connectivity index (χ1v) is 7.85. The highest BCUT2D eigenvalue weighted by Crippen LogP contribution is 2.19. The first-order valence-electron chi connectivity index (χ1n) is 6.37. The van der Waals surface area contributed by atoms with Crippen molar-refractivity contribution in [2.75, 3.05) is 13.1 Å². The summed E-state index contributed by atoms with van der Waals surface area (Å²) in [5.41, 5.74) is 0. The van der Waals surface area contributed by atoms with E-state index in [1.165, 1.54) is 0 Å². The van der Waals surface area contributed by atoms with Crippen LogP contribution in [-0.4, -0.2) is 27.5 Å². The average molecular weight is 313 g/mol. The van der Waals surface area contributed by atoms with Gasteiger partial charge >= 0.3 is 0 Å². The zero-order valence-corrected chi connectivity index (χ0v) is 12.5. The van der Waals surface area contributed by atoms with Crippen LogP contribution in [0.5, 0.6) is 0 Å². The monoisotopic (exact) mass is 312 g/mol. The van der Waals surface area contributed by atoms with E-state index in [2.05, 4.69) is 10.0 Å². The van der Waals surface area contributed by atoms with E-state index < -0.39 is 10.0 Å². The zero-order valence-electron chi connectivity index (χ0n) is 10.9. The van der Waals surface area contributed by atoms with Gasteiger partial charge in [-0.05, 0) is 35.9 Å². The van der Waals surface area contributed by atoms with Crippen LogP contribution in [0.2, 0.25) is 0 Å². The van der Waals surface area contributed by atoms with Gasteiger partial charge in [0.05, 0.1) is 4.90 Å². The highest BCUT2D eigenvalue weighted by molar-refractivity contribution is 7.89. The van der Waals surface area contributed by atoms with Gasteiger partial charge in [0.1, 0.15) is 0 Å². The summed E-state index contributed by atoms with van der Waals surface area (Å²) in [5.74, 6) is 0. The Morgan fingerprint density at radius 3 is 2.55 bits per heavy atom. The second kappa shape index (κ2) is 6.10. The van der Waals surface area contributed by atoms with Gasteiger partial charge in [0.2, 0.25) is 10.0 Å². The normalized spacial score (nSPS) is 18.9. The molecule has 2 aromatic rings. The lowest BCUT2D eigenvalue weighted by atomic mass is 10.1. The Kier molecular flexibility index (Phi) is 4.65. The van der Waals surface area contributed by atoms with Crippen LogP contribution in [0.15, 0.2) is 47.4 Å². The quantitative estimate of drug-likeness (QED) is 0.910. The van der Waals surface area contributed by atoms with E-state index >= 15 is 0 Å². The molecule has 1 heterocycles. The molecular formula is C14H17ClN2O2S. The third-order valence-corrected chi connectivity index (χ3v) is 4.93. The van der Waals surface area contributed by atoms with Crippen molar-refractivity contribution in [1.82, 2.24) is 10.0 Å². The number of fused-ring (bicyclic) bond motifs is 1. The van der Waals surface area contributed by atoms with Crippen molar-refractivity contribution >= 4 is 33.2 Å². The predicted octanol–water partition coefficient (Wildman–Crippen LogP) is 1.90. The molecule has 1 unspecified atom stereocenters. The molecular weight excluding hydrogens is 296 g/mol. The molecule has 3 rings (SSSR count). The fourth-order valence-electron chi connectivity index (χ4n) is 2.38. The molecule has 2 aromatic carbocycles. The van der Waals surface area contributed by atoms with Crippen LogP contribution in [0.25, 0.3) is 10.8 Å². The van der Waals surface area contributed by atoms with Crippen molar-refractivity contribution in [2.45, 2.75) is 17.4 Å². The fraction of sp³-hybridized carbons (Fsp3) is 0.286. The first kappa shape index (κ1) is 15.3. The van der Waals surface area contributed by atoms with Crippen molar-refractivity contribution in [3.8, 4) is 0 Å². The van der Waals surface area contributed by atoms with Gasteiger partial charge in [0.15, 0.2) is 0 Å². The van der Waals surface area contributed by atoms with Crippen LogP contribution in [0, 0.1) is 0 Å². The third kappa shape index (κ3) is 3.12. The van der Waals surface area contributed by atoms with E-state index in [9.17, 15) is 8.42 Å². The Morgan fingerprint density at radius 2 is 1.85 bits per heavy atom. The van der Waals surface area contributed by atoms with Gasteiger partial charge in [-0.1, -0.05) is 30.3 Å². The van der Waals surface area contributed by atoms with E-state index in [4.69, 9.17) is 0 Å². The number of halogens is 1. The second-order valence-electron chi connectivity index (χ2n) is 4.82. The number of nitrogens with one attached hydrogen (secondary N) is 2. The highest BCUT2D eigenvalue weighted by atomic mass is 35.5. The fourth-order valence-corrected chi connectivity index (χ4v) is 3.68. The summed E-state index contributed by atoms with van der Waals surface area (Å²) in [4.78, 5) is 0.332. The standard InChI is InChI=1S/C14H16N2O2S.ClH/c17-19(18,16-13-7-8-15-10-13)14-6-5-11-3-1-2-4-12(11)9-14;/h1-6,9,13,15-16H,7-8,10H2;1H. The minimum Gasteiger partial charge on any atom is -0.315 e. The average Bonchev–Trinajstić information content (AvgIpc) is 2.90. The second-order valence-corrected chi connectivity index (χ2v) is 6.53. The summed E-state index contributed by atoms with van der Waals surface area (Å²) in [6.45, 7) is 1.57. The molecule has 1 atom stereocenters. The lowest BCUT2D eigenvalue weighted by molar-refractivity contribution is 0.560. The molecule has 1 saturated heterocycles. The Labute approximate surface area is 125 Å². The smallest absolute Gasteiger partial charge is 0.240 e. The molecule has 0 amide bonds. The minimum absolute atomic E-state index is 0. The molecule has 0 aliphatic carbocycles. The first-order chi connectivity index (χ1) is 9.15. The van der Waals surface area contributed by atoms with Gasteiger partial charge in [-0.25, -0.2) is 13.1 Å². The van der Waals surface area contributed by atoms with Crippen LogP contribution < -0.4 is 10.0 Å². The van der Waals surface area contributed by atoms with Crippen molar-refractivity contribution in [2.24, 2.45) is 0 Å². The van der Waals surface area contributed by atoms with Gasteiger partial charge in [-0.15, -0.1) is 12.4 Å². The Morgan fingerprint density at radius 1 is 1.10 bits per heavy atom. The summed E-state index contributed by atoms with van der Waals surface area (Å²) in [5, 5.41) is 5.13. The van der Waals surface area contributed by atoms with Gasteiger partial charge < -0.3 is 5.32 Å². The topological polar surface area (TPSA) is 58.2 Å². The van der Waals surface area contributed by atoms with E-state index in [1.807, 2.05) is 30.3 Å². The lowest BCUT2D eigenvalue weighted by Gasteiger charge is -2.12. The van der Waals surface area contributed by atoms with E-state index in [1.54, 1.807) is 12.1 Å². The maximum absolute atomic E-state index is 12.3. The van der Waals surface area contributed by atoms with Crippen LogP contribution >= 0.6 is 12.4 Å². The van der Waals surface area contributed by atoms with Crippen molar-refractivity contribution in [3.63, 3.8) is 0 Å². The van der Waals surface area contributed by atoms with Crippen molar-refractivity contribution in [1.29, 1.82) is 0 Å². The molecule has 1 fully saturated rings. The van der Waals surface area contributed by atoms with E-state index in [0.29, 0.717) is 11.4 Å². The summed E-state index contributed by atoms with van der Waals surface area (Å²) in [6, 6.07) is 13.0. The SMILES string of the molecule is Cl.O=S(=O)(NC1CCNC1)c1ccc2ccccc2c1. The number of rotatable bonds is 3. The number of hydrogen-bond acceptors (Lipinski definition) is 3. The molecule has 6 heteroatoms. The number of sulfonamides is 1. The molecule has 0 radical (unpaired) electrons. The lowest BCUT2D eigenvalue weighted by Crippen LogP contribution is -2.36. The third-order valence-electron chi connectivity index (χ3n) is 3.41. The molecule has 0 bridgehead atoms. The van der Waals surface area contributed by atoms with Crippen LogP contribution in [0.4, 0.5) is 0 Å². The van der Waals surface area contributed by atoms with Crippen molar-refractivity contribution in [3.05, 3.63) is 42.5 Å². The zero-order chi connectivity index (χ0) is 13.3. The minimum atomic E-state index is -3.43. The molecule has 108 valence electrons. The van der Waals surface area contributed by atoms with Gasteiger partial charge in [0.25, 0.3) is 0 Å². The molecule has 2 N–H and O–H groups in total. The van der Waals surface area contributed by atoms with Gasteiger partial charge in [0, 0.05) is 12.6 Å². The van der Waals surface area contributed by atoms with Crippen LogP contribution in [0.1, 0.15) is 6.42 Å². The van der Waals surface area contributed by atoms with E-state index in [-0.39, 0.29) is 18.4 Å².